The number of thioether (sulfide) groups is 1. The number of rotatable bonds is 3. The van der Waals surface area contributed by atoms with Gasteiger partial charge in [0.05, 0.1) is 13.0 Å². The highest BCUT2D eigenvalue weighted by molar-refractivity contribution is 8.00. The second kappa shape index (κ2) is 4.33. The van der Waals surface area contributed by atoms with Crippen molar-refractivity contribution in [1.82, 2.24) is 0 Å². The number of hydrogen-bond acceptors (Lipinski definition) is 4. The first-order chi connectivity index (χ1) is 6.06. The van der Waals surface area contributed by atoms with Crippen molar-refractivity contribution in [2.45, 2.75) is 37.5 Å². The highest BCUT2D eigenvalue weighted by atomic mass is 32.2. The first-order valence-corrected chi connectivity index (χ1v) is 5.67. The predicted molar refractivity (Wildman–Crippen MR) is 54.7 cm³/mol. The van der Waals surface area contributed by atoms with Crippen molar-refractivity contribution in [2.75, 3.05) is 12.4 Å². The lowest BCUT2D eigenvalue weighted by Crippen LogP contribution is -2.42. The predicted octanol–water partition coefficient (Wildman–Crippen LogP) is 1.16. The summed E-state index contributed by atoms with van der Waals surface area (Å²) in [6.07, 6.45) is 1.27. The van der Waals surface area contributed by atoms with Crippen molar-refractivity contribution in [3.63, 3.8) is 0 Å². The van der Waals surface area contributed by atoms with Crippen LogP contribution in [0.25, 0.3) is 0 Å². The van der Waals surface area contributed by atoms with Crippen molar-refractivity contribution in [1.29, 1.82) is 0 Å². The molecule has 1 aliphatic heterocycles. The Labute approximate surface area is 83.4 Å². The number of nitrogens with two attached hydrogens (primary N) is 1. The summed E-state index contributed by atoms with van der Waals surface area (Å²) in [5.41, 5.74) is 5.74. The van der Waals surface area contributed by atoms with Gasteiger partial charge >= 0.3 is 5.97 Å². The molecule has 1 rings (SSSR count). The van der Waals surface area contributed by atoms with Crippen LogP contribution in [0.15, 0.2) is 0 Å². The number of hydrogen-bond donors (Lipinski definition) is 1. The Morgan fingerprint density at radius 1 is 1.77 bits per heavy atom. The topological polar surface area (TPSA) is 52.3 Å². The summed E-state index contributed by atoms with van der Waals surface area (Å²) in [4.78, 5) is 11.2. The van der Waals surface area contributed by atoms with E-state index < -0.39 is 0 Å². The summed E-state index contributed by atoms with van der Waals surface area (Å²) in [6.45, 7) is 4.40. The molecule has 0 radical (unpaired) electrons. The van der Waals surface area contributed by atoms with E-state index >= 15 is 0 Å². The van der Waals surface area contributed by atoms with Crippen LogP contribution in [0, 0.1) is 0 Å². The van der Waals surface area contributed by atoms with Crippen LogP contribution in [-0.2, 0) is 9.53 Å². The summed E-state index contributed by atoms with van der Waals surface area (Å²) in [5.74, 6) is 0.701. The Hall–Kier alpha value is -0.220. The van der Waals surface area contributed by atoms with Crippen LogP contribution in [-0.4, -0.2) is 29.1 Å². The molecule has 0 aromatic heterocycles. The van der Waals surface area contributed by atoms with Gasteiger partial charge < -0.3 is 10.5 Å². The van der Waals surface area contributed by atoms with Crippen LogP contribution in [0.5, 0.6) is 0 Å². The van der Waals surface area contributed by atoms with Gasteiger partial charge in [-0.25, -0.2) is 0 Å². The molecule has 1 saturated heterocycles. The standard InChI is InChI=1S/C9H17NO2S/c1-3-12-8(11)5-9(10)4-7(2)13-6-9/h7H,3-6,10H2,1-2H3. The molecule has 2 unspecified atom stereocenters. The van der Waals surface area contributed by atoms with Crippen LogP contribution in [0.2, 0.25) is 0 Å². The zero-order valence-electron chi connectivity index (χ0n) is 8.21. The van der Waals surface area contributed by atoms with E-state index in [-0.39, 0.29) is 11.5 Å². The van der Waals surface area contributed by atoms with Gasteiger partial charge in [-0.15, -0.1) is 0 Å². The molecule has 0 amide bonds. The second-order valence-electron chi connectivity index (χ2n) is 3.67. The van der Waals surface area contributed by atoms with Gasteiger partial charge in [-0.05, 0) is 13.3 Å². The highest BCUT2D eigenvalue weighted by Crippen LogP contribution is 2.34. The zero-order chi connectivity index (χ0) is 9.90. The molecule has 0 aromatic carbocycles. The fourth-order valence-corrected chi connectivity index (χ4v) is 2.91. The molecule has 1 aliphatic rings. The first kappa shape index (κ1) is 10.9. The Morgan fingerprint density at radius 2 is 2.46 bits per heavy atom. The van der Waals surface area contributed by atoms with Crippen LogP contribution in [0.1, 0.15) is 26.7 Å². The molecule has 1 fully saturated rings. The molecule has 2 atom stereocenters. The van der Waals surface area contributed by atoms with Crippen molar-refractivity contribution in [3.05, 3.63) is 0 Å². The second-order valence-corrected chi connectivity index (χ2v) is 5.10. The van der Waals surface area contributed by atoms with Gasteiger partial charge in [0.15, 0.2) is 0 Å². The Balaban J connectivity index is 2.39. The summed E-state index contributed by atoms with van der Waals surface area (Å²) in [7, 11) is 0. The van der Waals surface area contributed by atoms with Gasteiger partial charge in [0, 0.05) is 16.5 Å². The SMILES string of the molecule is CCOC(=O)CC1(N)CSC(C)C1. The molecule has 3 nitrogen and oxygen atoms in total. The molecule has 2 N–H and O–H groups in total. The molecule has 0 spiro atoms. The van der Waals surface area contributed by atoms with E-state index in [1.165, 1.54) is 0 Å². The third kappa shape index (κ3) is 3.19. The quantitative estimate of drug-likeness (QED) is 0.699. The van der Waals surface area contributed by atoms with Gasteiger partial charge in [0.25, 0.3) is 0 Å². The molecule has 0 aliphatic carbocycles. The van der Waals surface area contributed by atoms with E-state index in [4.69, 9.17) is 10.5 Å². The molecular formula is C9H17NO2S. The molecule has 1 heterocycles. The zero-order valence-corrected chi connectivity index (χ0v) is 9.02. The van der Waals surface area contributed by atoms with E-state index in [0.717, 1.165) is 12.2 Å². The maximum absolute atomic E-state index is 11.2. The van der Waals surface area contributed by atoms with Crippen LogP contribution in [0.4, 0.5) is 0 Å². The number of carbonyl (C=O) groups excluding carboxylic acids is 1. The average Bonchev–Trinajstić information content (AvgIpc) is 2.30. The molecule has 4 heteroatoms. The third-order valence-electron chi connectivity index (χ3n) is 2.15. The van der Waals surface area contributed by atoms with E-state index in [0.29, 0.717) is 18.3 Å². The Bertz CT molecular complexity index is 198. The molecule has 13 heavy (non-hydrogen) atoms. The maximum atomic E-state index is 11.2. The lowest BCUT2D eigenvalue weighted by atomic mass is 9.94. The van der Waals surface area contributed by atoms with E-state index in [1.807, 2.05) is 18.7 Å². The lowest BCUT2D eigenvalue weighted by Gasteiger charge is -2.21. The molecule has 76 valence electrons. The largest absolute Gasteiger partial charge is 0.466 e. The summed E-state index contributed by atoms with van der Waals surface area (Å²) in [5, 5.41) is 0.569. The van der Waals surface area contributed by atoms with Crippen molar-refractivity contribution in [2.24, 2.45) is 5.73 Å². The van der Waals surface area contributed by atoms with Gasteiger partial charge in [0.1, 0.15) is 0 Å². The fourth-order valence-electron chi connectivity index (χ4n) is 1.62. The third-order valence-corrected chi connectivity index (χ3v) is 3.63. The minimum atomic E-state index is -0.323. The van der Waals surface area contributed by atoms with Crippen LogP contribution in [0.3, 0.4) is 0 Å². The lowest BCUT2D eigenvalue weighted by molar-refractivity contribution is -0.144. The maximum Gasteiger partial charge on any atom is 0.307 e. The minimum Gasteiger partial charge on any atom is -0.466 e. The van der Waals surface area contributed by atoms with E-state index in [1.54, 1.807) is 0 Å². The normalized spacial score (nSPS) is 33.3. The monoisotopic (exact) mass is 203 g/mol. The Kier molecular flexibility index (Phi) is 3.62. The molecular weight excluding hydrogens is 186 g/mol. The summed E-state index contributed by atoms with van der Waals surface area (Å²) in [6, 6.07) is 0. The van der Waals surface area contributed by atoms with Crippen molar-refractivity contribution in [3.8, 4) is 0 Å². The number of carbonyl (C=O) groups is 1. The minimum absolute atomic E-state index is 0.167. The van der Waals surface area contributed by atoms with Crippen molar-refractivity contribution < 1.29 is 9.53 Å². The van der Waals surface area contributed by atoms with Crippen molar-refractivity contribution >= 4 is 17.7 Å². The van der Waals surface area contributed by atoms with Gasteiger partial charge in [-0.2, -0.15) is 11.8 Å². The average molecular weight is 203 g/mol. The highest BCUT2D eigenvalue weighted by Gasteiger charge is 2.36. The molecule has 0 bridgehead atoms. The van der Waals surface area contributed by atoms with Gasteiger partial charge in [-0.1, -0.05) is 6.92 Å². The van der Waals surface area contributed by atoms with E-state index in [2.05, 4.69) is 6.92 Å². The van der Waals surface area contributed by atoms with Gasteiger partial charge in [-0.3, -0.25) is 4.79 Å². The van der Waals surface area contributed by atoms with E-state index in [9.17, 15) is 4.79 Å². The Morgan fingerprint density at radius 3 is 2.92 bits per heavy atom. The number of ether oxygens (including phenoxy) is 1. The summed E-state index contributed by atoms with van der Waals surface area (Å²) < 4.78 is 4.88. The fraction of sp³-hybridized carbons (Fsp3) is 0.889. The summed E-state index contributed by atoms with van der Waals surface area (Å²) >= 11 is 1.83. The first-order valence-electron chi connectivity index (χ1n) is 4.62. The van der Waals surface area contributed by atoms with Gasteiger partial charge in [0.2, 0.25) is 0 Å². The number of esters is 1. The smallest absolute Gasteiger partial charge is 0.307 e. The van der Waals surface area contributed by atoms with Crippen LogP contribution < -0.4 is 5.73 Å². The van der Waals surface area contributed by atoms with Crippen LogP contribution >= 0.6 is 11.8 Å². The molecule has 0 saturated carbocycles. The molecule has 0 aromatic rings.